The Bertz CT molecular complexity index is 597. The van der Waals surface area contributed by atoms with E-state index in [4.69, 9.17) is 9.47 Å². The van der Waals surface area contributed by atoms with E-state index in [-0.39, 0.29) is 6.61 Å². The summed E-state index contributed by atoms with van der Waals surface area (Å²) in [5.74, 6) is -0.128. The zero-order chi connectivity index (χ0) is 15.2. The highest BCUT2D eigenvalue weighted by Crippen LogP contribution is 2.29. The van der Waals surface area contributed by atoms with E-state index in [2.05, 4.69) is 5.32 Å². The molecule has 3 nitrogen and oxygen atoms in total. The maximum absolute atomic E-state index is 13.1. The van der Waals surface area contributed by atoms with Crippen LogP contribution in [0.15, 0.2) is 36.4 Å². The highest BCUT2D eigenvalue weighted by atomic mass is 19.1. The Balaban J connectivity index is 2.12. The molecule has 5 heteroatoms. The van der Waals surface area contributed by atoms with E-state index in [0.717, 1.165) is 11.6 Å². The molecule has 0 aliphatic rings. The molecule has 0 aliphatic carbocycles. The Kier molecular flexibility index (Phi) is 5.11. The Morgan fingerprint density at radius 2 is 1.67 bits per heavy atom. The lowest BCUT2D eigenvalue weighted by Crippen LogP contribution is -2.05. The first-order chi connectivity index (χ1) is 10.1. The maximum Gasteiger partial charge on any atom is 0.161 e. The maximum atomic E-state index is 13.1. The van der Waals surface area contributed by atoms with Crippen LogP contribution in [0.4, 0.5) is 8.78 Å². The van der Waals surface area contributed by atoms with Gasteiger partial charge in [-0.25, -0.2) is 8.78 Å². The van der Waals surface area contributed by atoms with Crippen LogP contribution >= 0.6 is 0 Å². The molecule has 21 heavy (non-hydrogen) atoms. The number of hydrogen-bond acceptors (Lipinski definition) is 3. The van der Waals surface area contributed by atoms with Crippen LogP contribution in [0.2, 0.25) is 0 Å². The van der Waals surface area contributed by atoms with Crippen LogP contribution in [0.3, 0.4) is 0 Å². The number of methoxy groups -OCH3 is 1. The highest BCUT2D eigenvalue weighted by Gasteiger charge is 2.07. The lowest BCUT2D eigenvalue weighted by molar-refractivity contribution is 0.283. The van der Waals surface area contributed by atoms with Crippen molar-refractivity contribution in [1.82, 2.24) is 5.32 Å². The van der Waals surface area contributed by atoms with Gasteiger partial charge in [0.1, 0.15) is 18.2 Å². The van der Waals surface area contributed by atoms with Crippen molar-refractivity contribution in [1.29, 1.82) is 0 Å². The molecule has 2 aromatic carbocycles. The number of rotatable bonds is 6. The highest BCUT2D eigenvalue weighted by molar-refractivity contribution is 5.43. The first kappa shape index (κ1) is 15.3. The summed E-state index contributed by atoms with van der Waals surface area (Å²) >= 11 is 0. The Morgan fingerprint density at radius 1 is 0.952 bits per heavy atom. The van der Waals surface area contributed by atoms with Crippen molar-refractivity contribution in [3.63, 3.8) is 0 Å². The van der Waals surface area contributed by atoms with Gasteiger partial charge in [0.15, 0.2) is 11.5 Å². The molecule has 0 amide bonds. The second-order valence-electron chi connectivity index (χ2n) is 4.58. The molecule has 0 bridgehead atoms. The van der Waals surface area contributed by atoms with Crippen LogP contribution in [-0.4, -0.2) is 14.2 Å². The molecule has 1 N–H and O–H groups in total. The van der Waals surface area contributed by atoms with Gasteiger partial charge in [0, 0.05) is 12.6 Å². The molecule has 0 saturated heterocycles. The van der Waals surface area contributed by atoms with Crippen molar-refractivity contribution in [3.05, 3.63) is 59.2 Å². The molecule has 0 aromatic heterocycles. The second kappa shape index (κ2) is 7.04. The van der Waals surface area contributed by atoms with Crippen LogP contribution in [0.5, 0.6) is 11.5 Å². The summed E-state index contributed by atoms with van der Waals surface area (Å²) in [6.07, 6.45) is 0. The normalized spacial score (nSPS) is 10.5. The van der Waals surface area contributed by atoms with Gasteiger partial charge in [0.05, 0.1) is 7.11 Å². The summed E-state index contributed by atoms with van der Waals surface area (Å²) in [4.78, 5) is 0. The monoisotopic (exact) mass is 293 g/mol. The molecule has 0 atom stereocenters. The lowest BCUT2D eigenvalue weighted by Gasteiger charge is -2.12. The van der Waals surface area contributed by atoms with Crippen molar-refractivity contribution >= 4 is 0 Å². The second-order valence-corrected chi connectivity index (χ2v) is 4.58. The zero-order valence-corrected chi connectivity index (χ0v) is 12.0. The van der Waals surface area contributed by atoms with E-state index in [1.54, 1.807) is 13.2 Å². The fourth-order valence-corrected chi connectivity index (χ4v) is 2.00. The molecule has 0 aliphatic heterocycles. The first-order valence-corrected chi connectivity index (χ1v) is 6.51. The van der Waals surface area contributed by atoms with Gasteiger partial charge in [-0.05, 0) is 42.4 Å². The standard InChI is InChI=1S/C16H17F2NO2/c1-19-9-11-3-4-15(16(7-11)20-2)21-10-12-5-13(17)8-14(18)6-12/h3-8,19H,9-10H2,1-2H3. The van der Waals surface area contributed by atoms with Crippen molar-refractivity contribution < 1.29 is 18.3 Å². The summed E-state index contributed by atoms with van der Waals surface area (Å²) in [7, 11) is 3.41. The Morgan fingerprint density at radius 3 is 2.29 bits per heavy atom. The number of halogens is 2. The van der Waals surface area contributed by atoms with Gasteiger partial charge in [0.2, 0.25) is 0 Å². The number of nitrogens with one attached hydrogen (secondary N) is 1. The zero-order valence-electron chi connectivity index (χ0n) is 12.0. The first-order valence-electron chi connectivity index (χ1n) is 6.51. The largest absolute Gasteiger partial charge is 0.493 e. The van der Waals surface area contributed by atoms with E-state index >= 15 is 0 Å². The van der Waals surface area contributed by atoms with E-state index < -0.39 is 11.6 Å². The van der Waals surface area contributed by atoms with E-state index in [0.29, 0.717) is 23.6 Å². The summed E-state index contributed by atoms with van der Waals surface area (Å²) in [5, 5.41) is 3.05. The van der Waals surface area contributed by atoms with E-state index in [1.807, 2.05) is 19.2 Å². The molecular weight excluding hydrogens is 276 g/mol. The average molecular weight is 293 g/mol. The van der Waals surface area contributed by atoms with Gasteiger partial charge < -0.3 is 14.8 Å². The molecule has 2 rings (SSSR count). The van der Waals surface area contributed by atoms with Crippen LogP contribution in [0.1, 0.15) is 11.1 Å². The summed E-state index contributed by atoms with van der Waals surface area (Å²) in [5.41, 5.74) is 1.48. The number of hydrogen-bond donors (Lipinski definition) is 1. The topological polar surface area (TPSA) is 30.5 Å². The van der Waals surface area contributed by atoms with Gasteiger partial charge in [0.25, 0.3) is 0 Å². The summed E-state index contributed by atoms with van der Waals surface area (Å²) < 4.78 is 37.1. The van der Waals surface area contributed by atoms with Crippen molar-refractivity contribution in [2.75, 3.05) is 14.2 Å². The molecule has 0 fully saturated rings. The van der Waals surface area contributed by atoms with Gasteiger partial charge in [-0.3, -0.25) is 0 Å². The number of benzene rings is 2. The molecule has 0 heterocycles. The quantitative estimate of drug-likeness (QED) is 0.886. The average Bonchev–Trinajstić information content (AvgIpc) is 2.45. The van der Waals surface area contributed by atoms with Crippen LogP contribution in [-0.2, 0) is 13.2 Å². The predicted octanol–water partition coefficient (Wildman–Crippen LogP) is 3.27. The third-order valence-electron chi connectivity index (χ3n) is 2.93. The van der Waals surface area contributed by atoms with Crippen LogP contribution in [0.25, 0.3) is 0 Å². The molecule has 0 radical (unpaired) electrons. The SMILES string of the molecule is CNCc1ccc(OCc2cc(F)cc(F)c2)c(OC)c1. The van der Waals surface area contributed by atoms with Gasteiger partial charge in [-0.1, -0.05) is 6.07 Å². The summed E-state index contributed by atoms with van der Waals surface area (Å²) in [6.45, 7) is 0.780. The third-order valence-corrected chi connectivity index (χ3v) is 2.93. The molecule has 0 saturated carbocycles. The van der Waals surface area contributed by atoms with Crippen molar-refractivity contribution in [2.45, 2.75) is 13.2 Å². The lowest BCUT2D eigenvalue weighted by atomic mass is 10.2. The minimum Gasteiger partial charge on any atom is -0.493 e. The van der Waals surface area contributed by atoms with Gasteiger partial charge in [-0.15, -0.1) is 0 Å². The van der Waals surface area contributed by atoms with E-state index in [9.17, 15) is 8.78 Å². The molecule has 2 aromatic rings. The predicted molar refractivity (Wildman–Crippen MR) is 76.4 cm³/mol. The van der Waals surface area contributed by atoms with Crippen LogP contribution in [0, 0.1) is 11.6 Å². The van der Waals surface area contributed by atoms with Crippen molar-refractivity contribution in [2.24, 2.45) is 0 Å². The van der Waals surface area contributed by atoms with Gasteiger partial charge >= 0.3 is 0 Å². The molecule has 112 valence electrons. The summed E-state index contributed by atoms with van der Waals surface area (Å²) in [6, 6.07) is 8.85. The third kappa shape index (κ3) is 4.16. The van der Waals surface area contributed by atoms with Crippen molar-refractivity contribution in [3.8, 4) is 11.5 Å². The molecule has 0 unspecified atom stereocenters. The minimum atomic E-state index is -0.620. The molecule has 0 spiro atoms. The van der Waals surface area contributed by atoms with E-state index in [1.165, 1.54) is 12.1 Å². The van der Waals surface area contributed by atoms with Gasteiger partial charge in [-0.2, -0.15) is 0 Å². The van der Waals surface area contributed by atoms with Crippen LogP contribution < -0.4 is 14.8 Å². The minimum absolute atomic E-state index is 0.0659. The fourth-order valence-electron chi connectivity index (χ4n) is 2.00. The smallest absolute Gasteiger partial charge is 0.161 e. The number of ether oxygens (including phenoxy) is 2. The Hall–Kier alpha value is -2.14. The molecular formula is C16H17F2NO2. The Labute approximate surface area is 122 Å². The fraction of sp³-hybridized carbons (Fsp3) is 0.250.